The number of nitrogen functional groups attached to an aromatic ring is 1. The van der Waals surface area contributed by atoms with Crippen molar-refractivity contribution in [3.05, 3.63) is 40.9 Å². The summed E-state index contributed by atoms with van der Waals surface area (Å²) >= 11 is 1.48. The van der Waals surface area contributed by atoms with Gasteiger partial charge in [-0.15, -0.1) is 11.3 Å². The van der Waals surface area contributed by atoms with Crippen molar-refractivity contribution in [3.8, 4) is 0 Å². The summed E-state index contributed by atoms with van der Waals surface area (Å²) in [6.45, 7) is 1.50. The Morgan fingerprint density at radius 1 is 1.53 bits per heavy atom. The van der Waals surface area contributed by atoms with E-state index >= 15 is 0 Å². The van der Waals surface area contributed by atoms with E-state index in [0.29, 0.717) is 5.13 Å². The number of thiazole rings is 1. The third-order valence-electron chi connectivity index (χ3n) is 2.20. The zero-order chi connectivity index (χ0) is 12.3. The molecule has 0 saturated carbocycles. The van der Waals surface area contributed by atoms with Crippen LogP contribution in [0.2, 0.25) is 0 Å². The zero-order valence-electron chi connectivity index (χ0n) is 9.43. The summed E-state index contributed by atoms with van der Waals surface area (Å²) in [5, 5.41) is 3.34. The summed E-state index contributed by atoms with van der Waals surface area (Å²) in [6.07, 6.45) is 2.56. The number of aromatic nitrogens is 1. The lowest BCUT2D eigenvalue weighted by Gasteiger charge is -2.04. The smallest absolute Gasteiger partial charge is 0.221 e. The number of carbonyl (C=O) groups excluding carboxylic acids is 1. The summed E-state index contributed by atoms with van der Waals surface area (Å²) in [6, 6.07) is 7.76. The molecule has 1 heterocycles. The monoisotopic (exact) mass is 247 g/mol. The summed E-state index contributed by atoms with van der Waals surface area (Å²) in [4.78, 5) is 16.1. The van der Waals surface area contributed by atoms with Crippen LogP contribution in [0.1, 0.15) is 17.4 Å². The zero-order valence-corrected chi connectivity index (χ0v) is 10.3. The van der Waals surface area contributed by atoms with Crippen molar-refractivity contribution < 1.29 is 4.79 Å². The first-order valence-corrected chi connectivity index (χ1v) is 6.02. The molecular formula is C12H13N3OS. The number of nitrogens with two attached hydrogens (primary N) is 1. The van der Waals surface area contributed by atoms with E-state index in [9.17, 15) is 4.79 Å². The lowest BCUT2D eigenvalue weighted by Crippen LogP contribution is -2.05. The van der Waals surface area contributed by atoms with Crippen LogP contribution >= 0.6 is 11.3 Å². The van der Waals surface area contributed by atoms with E-state index in [1.807, 2.05) is 24.3 Å². The minimum Gasteiger partial charge on any atom is -0.375 e. The first-order chi connectivity index (χ1) is 8.13. The van der Waals surface area contributed by atoms with Crippen LogP contribution in [0.15, 0.2) is 30.5 Å². The lowest BCUT2D eigenvalue weighted by molar-refractivity contribution is -0.114. The second kappa shape index (κ2) is 4.97. The molecule has 5 heteroatoms. The minimum absolute atomic E-state index is 0.0656. The molecule has 0 atom stereocenters. The number of anilines is 2. The predicted octanol–water partition coefficient (Wildman–Crippen LogP) is 2.27. The molecule has 0 aliphatic carbocycles. The van der Waals surface area contributed by atoms with Crippen LogP contribution in [-0.2, 0) is 11.2 Å². The maximum absolute atomic E-state index is 11.0. The number of benzene rings is 1. The molecule has 0 aliphatic rings. The van der Waals surface area contributed by atoms with Gasteiger partial charge >= 0.3 is 0 Å². The van der Waals surface area contributed by atoms with E-state index in [0.717, 1.165) is 22.5 Å². The van der Waals surface area contributed by atoms with Crippen molar-refractivity contribution in [1.82, 2.24) is 4.98 Å². The van der Waals surface area contributed by atoms with Crippen molar-refractivity contribution in [3.63, 3.8) is 0 Å². The molecular weight excluding hydrogens is 234 g/mol. The number of carbonyl (C=O) groups is 1. The Hall–Kier alpha value is -1.88. The van der Waals surface area contributed by atoms with Crippen molar-refractivity contribution in [2.75, 3.05) is 11.1 Å². The molecule has 2 aromatic rings. The van der Waals surface area contributed by atoms with Crippen molar-refractivity contribution in [2.24, 2.45) is 0 Å². The van der Waals surface area contributed by atoms with Gasteiger partial charge in [0.25, 0.3) is 0 Å². The molecule has 0 radical (unpaired) electrons. The molecule has 0 unspecified atom stereocenters. The molecule has 0 aliphatic heterocycles. The van der Waals surface area contributed by atoms with E-state index < -0.39 is 0 Å². The highest BCUT2D eigenvalue weighted by molar-refractivity contribution is 7.15. The number of amides is 1. The first kappa shape index (κ1) is 11.6. The highest BCUT2D eigenvalue weighted by Gasteiger charge is 2.02. The summed E-state index contributed by atoms with van der Waals surface area (Å²) in [5.41, 5.74) is 7.52. The Balaban J connectivity index is 2.13. The van der Waals surface area contributed by atoms with Crippen LogP contribution in [0.5, 0.6) is 0 Å². The van der Waals surface area contributed by atoms with Crippen molar-refractivity contribution in [2.45, 2.75) is 13.3 Å². The molecule has 17 heavy (non-hydrogen) atoms. The molecule has 0 spiro atoms. The Kier molecular flexibility index (Phi) is 3.39. The lowest BCUT2D eigenvalue weighted by atomic mass is 10.1. The Labute approximate surface area is 103 Å². The van der Waals surface area contributed by atoms with E-state index in [1.165, 1.54) is 18.3 Å². The largest absolute Gasteiger partial charge is 0.375 e. The van der Waals surface area contributed by atoms with Gasteiger partial charge in [-0.25, -0.2) is 4.98 Å². The first-order valence-electron chi connectivity index (χ1n) is 5.20. The summed E-state index contributed by atoms with van der Waals surface area (Å²) < 4.78 is 0. The highest BCUT2D eigenvalue weighted by atomic mass is 32.1. The van der Waals surface area contributed by atoms with Crippen LogP contribution in [0.3, 0.4) is 0 Å². The van der Waals surface area contributed by atoms with E-state index in [2.05, 4.69) is 10.3 Å². The molecule has 1 amide bonds. The quantitative estimate of drug-likeness (QED) is 0.874. The molecule has 0 fully saturated rings. The molecule has 4 nitrogen and oxygen atoms in total. The van der Waals surface area contributed by atoms with Gasteiger partial charge in [-0.1, -0.05) is 12.1 Å². The molecule has 0 bridgehead atoms. The third kappa shape index (κ3) is 3.29. The average molecular weight is 247 g/mol. The SMILES string of the molecule is CC(=O)Nc1cccc(Cc2cnc(N)s2)c1. The Bertz CT molecular complexity index is 536. The Morgan fingerprint density at radius 2 is 2.35 bits per heavy atom. The number of hydrogen-bond acceptors (Lipinski definition) is 4. The molecule has 1 aromatic heterocycles. The topological polar surface area (TPSA) is 68.0 Å². The van der Waals surface area contributed by atoms with Gasteiger partial charge in [-0.05, 0) is 17.7 Å². The van der Waals surface area contributed by atoms with Crippen LogP contribution in [0.4, 0.5) is 10.8 Å². The van der Waals surface area contributed by atoms with Gasteiger partial charge in [-0.2, -0.15) is 0 Å². The summed E-state index contributed by atoms with van der Waals surface area (Å²) in [7, 11) is 0. The van der Waals surface area contributed by atoms with E-state index in [4.69, 9.17) is 5.73 Å². The van der Waals surface area contributed by atoms with Gasteiger partial charge < -0.3 is 11.1 Å². The van der Waals surface area contributed by atoms with Crippen LogP contribution < -0.4 is 11.1 Å². The number of rotatable bonds is 3. The second-order valence-corrected chi connectivity index (χ2v) is 4.87. The summed E-state index contributed by atoms with van der Waals surface area (Å²) in [5.74, 6) is -0.0656. The second-order valence-electron chi connectivity index (χ2n) is 3.72. The maximum atomic E-state index is 11.0. The fourth-order valence-corrected chi connectivity index (χ4v) is 2.29. The fraction of sp³-hybridized carbons (Fsp3) is 0.167. The third-order valence-corrected chi connectivity index (χ3v) is 3.02. The number of hydrogen-bond donors (Lipinski definition) is 2. The molecule has 3 N–H and O–H groups in total. The van der Waals surface area contributed by atoms with Gasteiger partial charge in [-0.3, -0.25) is 4.79 Å². The standard InChI is InChI=1S/C12H13N3OS/c1-8(16)15-10-4-2-3-9(5-10)6-11-7-14-12(13)17-11/h2-5,7H,6H2,1H3,(H2,13,14)(H,15,16). The van der Waals surface area contributed by atoms with Gasteiger partial charge in [0.05, 0.1) is 0 Å². The highest BCUT2D eigenvalue weighted by Crippen LogP contribution is 2.20. The maximum Gasteiger partial charge on any atom is 0.221 e. The molecule has 2 rings (SSSR count). The minimum atomic E-state index is -0.0656. The van der Waals surface area contributed by atoms with Gasteiger partial charge in [0, 0.05) is 30.1 Å². The van der Waals surface area contributed by atoms with Crippen molar-refractivity contribution in [1.29, 1.82) is 0 Å². The van der Waals surface area contributed by atoms with E-state index in [1.54, 1.807) is 6.20 Å². The van der Waals surface area contributed by atoms with Crippen LogP contribution in [0.25, 0.3) is 0 Å². The molecule has 0 saturated heterocycles. The van der Waals surface area contributed by atoms with E-state index in [-0.39, 0.29) is 5.91 Å². The van der Waals surface area contributed by atoms with Crippen LogP contribution in [-0.4, -0.2) is 10.9 Å². The normalized spacial score (nSPS) is 10.2. The van der Waals surface area contributed by atoms with Gasteiger partial charge in [0.1, 0.15) is 0 Å². The van der Waals surface area contributed by atoms with Crippen LogP contribution in [0, 0.1) is 0 Å². The molecule has 1 aromatic carbocycles. The number of nitrogens with zero attached hydrogens (tertiary/aromatic N) is 1. The predicted molar refractivity (Wildman–Crippen MR) is 70.1 cm³/mol. The fourth-order valence-electron chi connectivity index (χ4n) is 1.57. The average Bonchev–Trinajstić information content (AvgIpc) is 2.63. The number of nitrogens with one attached hydrogen (secondary N) is 1. The van der Waals surface area contributed by atoms with Gasteiger partial charge in [0.2, 0.25) is 5.91 Å². The van der Waals surface area contributed by atoms with Crippen molar-refractivity contribution >= 4 is 28.1 Å². The van der Waals surface area contributed by atoms with Gasteiger partial charge in [0.15, 0.2) is 5.13 Å². The molecule has 88 valence electrons. The Morgan fingerprint density at radius 3 is 3.00 bits per heavy atom.